The third-order valence-electron chi connectivity index (χ3n) is 4.00. The van der Waals surface area contributed by atoms with Gasteiger partial charge in [-0.3, -0.25) is 4.79 Å². The van der Waals surface area contributed by atoms with E-state index in [-0.39, 0.29) is 11.9 Å². The van der Waals surface area contributed by atoms with E-state index in [0.29, 0.717) is 24.2 Å². The molecule has 1 amide bonds. The van der Waals surface area contributed by atoms with Crippen molar-refractivity contribution in [3.05, 3.63) is 41.7 Å². The fraction of sp³-hybridized carbons (Fsp3) is 0.375. The molecular weight excluding hydrogens is 296 g/mol. The Bertz CT molecular complexity index is 727. The Hall–Kier alpha value is -2.70. The zero-order valence-corrected chi connectivity index (χ0v) is 13.1. The summed E-state index contributed by atoms with van der Waals surface area (Å²) in [5, 5.41) is 8.20. The molecule has 0 spiro atoms. The first-order valence-corrected chi connectivity index (χ1v) is 7.48. The molecule has 3 rings (SSSR count). The quantitative estimate of drug-likeness (QED) is 0.799. The lowest BCUT2D eigenvalue weighted by atomic mass is 10.1. The Labute approximate surface area is 133 Å². The van der Waals surface area contributed by atoms with Crippen molar-refractivity contribution in [2.45, 2.75) is 25.8 Å². The van der Waals surface area contributed by atoms with E-state index in [1.165, 1.54) is 11.9 Å². The summed E-state index contributed by atoms with van der Waals surface area (Å²) in [6.45, 7) is 2.46. The van der Waals surface area contributed by atoms with Crippen LogP contribution in [0.3, 0.4) is 0 Å². The molecule has 1 unspecified atom stereocenters. The van der Waals surface area contributed by atoms with E-state index in [2.05, 4.69) is 10.2 Å². The van der Waals surface area contributed by atoms with Crippen molar-refractivity contribution >= 4 is 11.9 Å². The summed E-state index contributed by atoms with van der Waals surface area (Å²) in [5.74, 6) is -0.573. The van der Waals surface area contributed by atoms with E-state index in [4.69, 9.17) is 4.74 Å². The molecule has 1 saturated heterocycles. The van der Waals surface area contributed by atoms with Crippen LogP contribution < -0.4 is 0 Å². The standard InChI is InChI=1S/C16H18N4O3/c1-11-5-6-13(20-17-7-8-18-20)12(10-11)15(21)19-9-3-4-14(19)16(22)23-2/h5-8,10,14H,3-4,9H2,1-2H3. The van der Waals surface area contributed by atoms with Crippen LogP contribution >= 0.6 is 0 Å². The number of amides is 1. The molecule has 1 aromatic heterocycles. The maximum Gasteiger partial charge on any atom is 0.328 e. The molecule has 1 fully saturated rings. The van der Waals surface area contributed by atoms with Crippen LogP contribution in [0.15, 0.2) is 30.6 Å². The van der Waals surface area contributed by atoms with Gasteiger partial charge >= 0.3 is 5.97 Å². The van der Waals surface area contributed by atoms with Crippen molar-refractivity contribution in [3.8, 4) is 5.69 Å². The minimum Gasteiger partial charge on any atom is -0.467 e. The van der Waals surface area contributed by atoms with Crippen LogP contribution in [0.2, 0.25) is 0 Å². The van der Waals surface area contributed by atoms with Crippen molar-refractivity contribution in [3.63, 3.8) is 0 Å². The zero-order chi connectivity index (χ0) is 16.4. The van der Waals surface area contributed by atoms with Gasteiger partial charge in [0.25, 0.3) is 5.91 Å². The highest BCUT2D eigenvalue weighted by Crippen LogP contribution is 2.24. The second-order valence-corrected chi connectivity index (χ2v) is 5.52. The predicted octanol–water partition coefficient (Wildman–Crippen LogP) is 1.35. The van der Waals surface area contributed by atoms with Crippen LogP contribution in [-0.2, 0) is 9.53 Å². The molecular formula is C16H18N4O3. The van der Waals surface area contributed by atoms with Gasteiger partial charge in [0.15, 0.2) is 0 Å². The summed E-state index contributed by atoms with van der Waals surface area (Å²) in [5.41, 5.74) is 2.04. The van der Waals surface area contributed by atoms with Gasteiger partial charge in [0.2, 0.25) is 0 Å². The Kier molecular flexibility index (Phi) is 4.10. The molecule has 23 heavy (non-hydrogen) atoms. The summed E-state index contributed by atoms with van der Waals surface area (Å²) < 4.78 is 4.81. The maximum absolute atomic E-state index is 13.0. The van der Waals surface area contributed by atoms with Gasteiger partial charge in [-0.25, -0.2) is 4.79 Å². The number of esters is 1. The lowest BCUT2D eigenvalue weighted by molar-refractivity contribution is -0.145. The number of benzene rings is 1. The van der Waals surface area contributed by atoms with Crippen molar-refractivity contribution in [2.24, 2.45) is 0 Å². The van der Waals surface area contributed by atoms with Crippen molar-refractivity contribution in [1.82, 2.24) is 19.9 Å². The van der Waals surface area contributed by atoms with Gasteiger partial charge in [0, 0.05) is 6.54 Å². The number of rotatable bonds is 3. The van der Waals surface area contributed by atoms with Crippen molar-refractivity contribution in [1.29, 1.82) is 0 Å². The van der Waals surface area contributed by atoms with Gasteiger partial charge in [-0.15, -0.1) is 0 Å². The number of nitrogens with zero attached hydrogens (tertiary/aromatic N) is 4. The Balaban J connectivity index is 1.99. The summed E-state index contributed by atoms with van der Waals surface area (Å²) in [6.07, 6.45) is 4.52. The van der Waals surface area contributed by atoms with Gasteiger partial charge in [-0.05, 0) is 31.9 Å². The second kappa shape index (κ2) is 6.20. The number of ether oxygens (including phenoxy) is 1. The molecule has 0 N–H and O–H groups in total. The van der Waals surface area contributed by atoms with Crippen molar-refractivity contribution in [2.75, 3.05) is 13.7 Å². The van der Waals surface area contributed by atoms with E-state index in [1.807, 2.05) is 19.1 Å². The van der Waals surface area contributed by atoms with E-state index in [1.54, 1.807) is 23.4 Å². The Morgan fingerprint density at radius 1 is 1.26 bits per heavy atom. The first-order chi connectivity index (χ1) is 11.1. The molecule has 1 aromatic carbocycles. The molecule has 1 atom stereocenters. The van der Waals surface area contributed by atoms with Crippen LogP contribution in [0, 0.1) is 6.92 Å². The van der Waals surface area contributed by atoms with E-state index in [9.17, 15) is 9.59 Å². The number of aryl methyl sites for hydroxylation is 1. The molecule has 120 valence electrons. The monoisotopic (exact) mass is 314 g/mol. The largest absolute Gasteiger partial charge is 0.467 e. The summed E-state index contributed by atoms with van der Waals surface area (Å²) >= 11 is 0. The zero-order valence-electron chi connectivity index (χ0n) is 13.1. The van der Waals surface area contributed by atoms with Gasteiger partial charge in [-0.1, -0.05) is 11.6 Å². The highest BCUT2D eigenvalue weighted by molar-refractivity contribution is 6.00. The smallest absolute Gasteiger partial charge is 0.328 e. The Morgan fingerprint density at radius 2 is 2.00 bits per heavy atom. The molecule has 1 aliphatic rings. The van der Waals surface area contributed by atoms with E-state index >= 15 is 0 Å². The fourth-order valence-corrected chi connectivity index (χ4v) is 2.88. The van der Waals surface area contributed by atoms with Gasteiger partial charge < -0.3 is 9.64 Å². The lowest BCUT2D eigenvalue weighted by Crippen LogP contribution is -2.41. The molecule has 7 nitrogen and oxygen atoms in total. The third-order valence-corrected chi connectivity index (χ3v) is 4.00. The molecule has 7 heteroatoms. The van der Waals surface area contributed by atoms with Gasteiger partial charge in [0.05, 0.1) is 30.8 Å². The summed E-state index contributed by atoms with van der Waals surface area (Å²) in [6, 6.07) is 4.99. The number of methoxy groups -OCH3 is 1. The molecule has 0 radical (unpaired) electrons. The molecule has 0 bridgehead atoms. The highest BCUT2D eigenvalue weighted by atomic mass is 16.5. The fourth-order valence-electron chi connectivity index (χ4n) is 2.88. The number of likely N-dealkylation sites (tertiary alicyclic amines) is 1. The number of carbonyl (C=O) groups excluding carboxylic acids is 2. The lowest BCUT2D eigenvalue weighted by Gasteiger charge is -2.23. The van der Waals surface area contributed by atoms with Gasteiger partial charge in [0.1, 0.15) is 6.04 Å². The van der Waals surface area contributed by atoms with Crippen LogP contribution in [0.25, 0.3) is 5.69 Å². The van der Waals surface area contributed by atoms with Crippen LogP contribution in [0.5, 0.6) is 0 Å². The molecule has 2 aromatic rings. The first kappa shape index (κ1) is 15.2. The average molecular weight is 314 g/mol. The second-order valence-electron chi connectivity index (χ2n) is 5.52. The van der Waals surface area contributed by atoms with Crippen molar-refractivity contribution < 1.29 is 14.3 Å². The average Bonchev–Trinajstić information content (AvgIpc) is 3.24. The van der Waals surface area contributed by atoms with Gasteiger partial charge in [-0.2, -0.15) is 15.0 Å². The first-order valence-electron chi connectivity index (χ1n) is 7.48. The molecule has 0 saturated carbocycles. The van der Waals surface area contributed by atoms with Crippen LogP contribution in [0.4, 0.5) is 0 Å². The predicted molar refractivity (Wildman–Crippen MR) is 82.2 cm³/mol. The number of hydrogen-bond acceptors (Lipinski definition) is 5. The third kappa shape index (κ3) is 2.81. The van der Waals surface area contributed by atoms with Crippen LogP contribution in [-0.4, -0.2) is 51.5 Å². The minimum absolute atomic E-state index is 0.200. The number of carbonyl (C=O) groups is 2. The highest BCUT2D eigenvalue weighted by Gasteiger charge is 2.36. The molecule has 1 aliphatic heterocycles. The van der Waals surface area contributed by atoms with E-state index in [0.717, 1.165) is 12.0 Å². The minimum atomic E-state index is -0.522. The molecule has 2 heterocycles. The van der Waals surface area contributed by atoms with E-state index < -0.39 is 6.04 Å². The normalized spacial score (nSPS) is 17.3. The Morgan fingerprint density at radius 3 is 2.70 bits per heavy atom. The molecule has 0 aliphatic carbocycles. The number of aromatic nitrogens is 3. The van der Waals surface area contributed by atoms with Crippen LogP contribution in [0.1, 0.15) is 28.8 Å². The SMILES string of the molecule is COC(=O)C1CCCN1C(=O)c1cc(C)ccc1-n1nccn1. The summed E-state index contributed by atoms with van der Waals surface area (Å²) in [7, 11) is 1.34. The number of hydrogen-bond donors (Lipinski definition) is 0. The summed E-state index contributed by atoms with van der Waals surface area (Å²) in [4.78, 5) is 27.9. The maximum atomic E-state index is 13.0. The topological polar surface area (TPSA) is 77.3 Å².